The molecule has 3 heterocycles. The number of aromatic nitrogens is 5. The molecule has 0 radical (unpaired) electrons. The minimum Gasteiger partial charge on any atom is -0.395 e. The molecule has 4 aromatic rings. The van der Waals surface area contributed by atoms with Crippen molar-refractivity contribution >= 4 is 11.0 Å². The van der Waals surface area contributed by atoms with Gasteiger partial charge in [-0.1, -0.05) is 6.07 Å². The number of benzene rings is 1. The van der Waals surface area contributed by atoms with Gasteiger partial charge in [-0.25, -0.2) is 9.97 Å². The van der Waals surface area contributed by atoms with Gasteiger partial charge >= 0.3 is 0 Å². The highest BCUT2D eigenvalue weighted by Gasteiger charge is 2.10. The fraction of sp³-hybridized carbons (Fsp3) is 0.167. The van der Waals surface area contributed by atoms with Crippen LogP contribution in [0.4, 0.5) is 0 Å². The molecule has 0 aliphatic rings. The highest BCUT2D eigenvalue weighted by Crippen LogP contribution is 2.23. The Kier molecular flexibility index (Phi) is 3.59. The molecule has 6 nitrogen and oxygen atoms in total. The van der Waals surface area contributed by atoms with Gasteiger partial charge in [0.2, 0.25) is 0 Å². The number of rotatable bonds is 4. The lowest BCUT2D eigenvalue weighted by atomic mass is 10.2. The second-order valence-corrected chi connectivity index (χ2v) is 5.68. The molecule has 1 aromatic carbocycles. The summed E-state index contributed by atoms with van der Waals surface area (Å²) in [6, 6.07) is 10.1. The Balaban J connectivity index is 1.78. The molecule has 0 fully saturated rings. The Hall–Kier alpha value is -2.99. The monoisotopic (exact) mass is 319 g/mol. The van der Waals surface area contributed by atoms with Gasteiger partial charge in [0.25, 0.3) is 0 Å². The Morgan fingerprint density at radius 3 is 2.79 bits per heavy atom. The maximum Gasteiger partial charge on any atom is 0.163 e. The summed E-state index contributed by atoms with van der Waals surface area (Å²) in [6.07, 6.45) is 7.28. The van der Waals surface area contributed by atoms with Crippen molar-refractivity contribution in [2.75, 3.05) is 6.61 Å². The first-order valence-electron chi connectivity index (χ1n) is 7.79. The van der Waals surface area contributed by atoms with E-state index in [-0.39, 0.29) is 6.61 Å². The van der Waals surface area contributed by atoms with Crippen LogP contribution in [0.3, 0.4) is 0 Å². The molecule has 0 bridgehead atoms. The van der Waals surface area contributed by atoms with Crippen LogP contribution in [0.25, 0.3) is 28.2 Å². The zero-order valence-corrected chi connectivity index (χ0v) is 13.3. The molecule has 24 heavy (non-hydrogen) atoms. The minimum atomic E-state index is 0.0952. The van der Waals surface area contributed by atoms with E-state index in [0.717, 1.165) is 33.8 Å². The van der Waals surface area contributed by atoms with Crippen LogP contribution in [0, 0.1) is 6.92 Å². The predicted octanol–water partition coefficient (Wildman–Crippen LogP) is 2.58. The lowest BCUT2D eigenvalue weighted by Crippen LogP contribution is -2.00. The Bertz CT molecular complexity index is 984. The molecule has 0 aliphatic heterocycles. The van der Waals surface area contributed by atoms with Crippen LogP contribution >= 0.6 is 0 Å². The van der Waals surface area contributed by atoms with Crippen LogP contribution in [0.15, 0.2) is 55.2 Å². The van der Waals surface area contributed by atoms with Crippen molar-refractivity contribution in [1.29, 1.82) is 0 Å². The van der Waals surface area contributed by atoms with Crippen LogP contribution < -0.4 is 0 Å². The zero-order chi connectivity index (χ0) is 16.5. The number of hydrogen-bond acceptors (Lipinski definition) is 4. The van der Waals surface area contributed by atoms with Gasteiger partial charge in [0.1, 0.15) is 5.69 Å². The van der Waals surface area contributed by atoms with Crippen molar-refractivity contribution in [3.05, 3.63) is 60.8 Å². The molecule has 0 aliphatic carbocycles. The quantitative estimate of drug-likeness (QED) is 0.628. The number of aliphatic hydroxyl groups is 1. The molecule has 4 rings (SSSR count). The topological polar surface area (TPSA) is 68.8 Å². The molecule has 0 saturated heterocycles. The molecule has 6 heteroatoms. The fourth-order valence-electron chi connectivity index (χ4n) is 2.79. The smallest absolute Gasteiger partial charge is 0.163 e. The number of nitrogens with zero attached hydrogens (tertiary/aromatic N) is 5. The first kappa shape index (κ1) is 14.6. The van der Waals surface area contributed by atoms with Crippen molar-refractivity contribution in [2.45, 2.75) is 13.5 Å². The average molecular weight is 319 g/mol. The second-order valence-electron chi connectivity index (χ2n) is 5.68. The Labute approximate surface area is 139 Å². The van der Waals surface area contributed by atoms with Crippen molar-refractivity contribution in [2.24, 2.45) is 0 Å². The normalized spacial score (nSPS) is 11.2. The minimum absolute atomic E-state index is 0.0952. The summed E-state index contributed by atoms with van der Waals surface area (Å²) >= 11 is 0. The highest BCUT2D eigenvalue weighted by molar-refractivity contribution is 5.78. The molecular weight excluding hydrogens is 302 g/mol. The van der Waals surface area contributed by atoms with E-state index in [4.69, 9.17) is 5.11 Å². The summed E-state index contributed by atoms with van der Waals surface area (Å²) in [6.45, 7) is 2.65. The van der Waals surface area contributed by atoms with Gasteiger partial charge in [-0.15, -0.1) is 0 Å². The third-order valence-corrected chi connectivity index (χ3v) is 4.00. The molecule has 3 aromatic heterocycles. The summed E-state index contributed by atoms with van der Waals surface area (Å²) in [5.74, 6) is 0.796. The molecule has 1 N–H and O–H groups in total. The number of pyridine rings is 1. The third kappa shape index (κ3) is 2.47. The van der Waals surface area contributed by atoms with Crippen LogP contribution in [-0.4, -0.2) is 35.8 Å². The Morgan fingerprint density at radius 1 is 1.08 bits per heavy atom. The maximum absolute atomic E-state index is 9.12. The SMILES string of the molecule is Cc1ccc(-c2nccn2-c2ccc3c(c2)ncn3CCO)nc1. The van der Waals surface area contributed by atoms with E-state index in [1.807, 2.05) is 58.8 Å². The van der Waals surface area contributed by atoms with E-state index in [1.54, 1.807) is 12.5 Å². The molecule has 0 spiro atoms. The summed E-state index contributed by atoms with van der Waals surface area (Å²) in [4.78, 5) is 13.3. The third-order valence-electron chi connectivity index (χ3n) is 4.00. The van der Waals surface area contributed by atoms with E-state index in [9.17, 15) is 0 Å². The van der Waals surface area contributed by atoms with Crippen LogP contribution in [0.1, 0.15) is 5.56 Å². The number of imidazole rings is 2. The number of hydrogen-bond donors (Lipinski definition) is 1. The first-order chi connectivity index (χ1) is 11.8. The van der Waals surface area contributed by atoms with Crippen molar-refractivity contribution in [3.63, 3.8) is 0 Å². The highest BCUT2D eigenvalue weighted by atomic mass is 16.3. The molecule has 0 atom stereocenters. The molecule has 0 unspecified atom stereocenters. The Morgan fingerprint density at radius 2 is 2.00 bits per heavy atom. The average Bonchev–Trinajstić information content (AvgIpc) is 3.23. The van der Waals surface area contributed by atoms with Crippen LogP contribution in [0.5, 0.6) is 0 Å². The first-order valence-corrected chi connectivity index (χ1v) is 7.79. The van der Waals surface area contributed by atoms with E-state index in [1.165, 1.54) is 0 Å². The molecule has 0 saturated carbocycles. The predicted molar refractivity (Wildman–Crippen MR) is 91.9 cm³/mol. The van der Waals surface area contributed by atoms with Gasteiger partial charge in [-0.2, -0.15) is 0 Å². The van der Waals surface area contributed by atoms with Crippen LogP contribution in [0.2, 0.25) is 0 Å². The summed E-state index contributed by atoms with van der Waals surface area (Å²) in [7, 11) is 0. The molecular formula is C18H17N5O. The van der Waals surface area contributed by atoms with E-state index in [0.29, 0.717) is 6.54 Å². The van der Waals surface area contributed by atoms with E-state index >= 15 is 0 Å². The molecule has 120 valence electrons. The second kappa shape index (κ2) is 5.90. The summed E-state index contributed by atoms with van der Waals surface area (Å²) in [5, 5.41) is 9.12. The van der Waals surface area contributed by atoms with Gasteiger partial charge in [-0.05, 0) is 36.8 Å². The number of fused-ring (bicyclic) bond motifs is 1. The van der Waals surface area contributed by atoms with Gasteiger partial charge < -0.3 is 9.67 Å². The molecule has 0 amide bonds. The standard InChI is InChI=1S/C18H17N5O/c1-13-2-4-15(20-11-13)18-19-6-7-23(18)14-3-5-17-16(10-14)21-12-22(17)8-9-24/h2-7,10-12,24H,8-9H2,1H3. The van der Waals surface area contributed by atoms with E-state index < -0.39 is 0 Å². The number of aryl methyl sites for hydroxylation is 1. The van der Waals surface area contributed by atoms with E-state index in [2.05, 4.69) is 15.0 Å². The zero-order valence-electron chi connectivity index (χ0n) is 13.3. The summed E-state index contributed by atoms with van der Waals surface area (Å²) < 4.78 is 3.94. The van der Waals surface area contributed by atoms with Gasteiger partial charge in [-0.3, -0.25) is 9.55 Å². The number of aliphatic hydroxyl groups excluding tert-OH is 1. The maximum atomic E-state index is 9.12. The summed E-state index contributed by atoms with van der Waals surface area (Å²) in [5.41, 5.74) is 4.82. The lowest BCUT2D eigenvalue weighted by Gasteiger charge is -2.08. The van der Waals surface area contributed by atoms with Crippen LogP contribution in [-0.2, 0) is 6.54 Å². The van der Waals surface area contributed by atoms with Crippen molar-refractivity contribution in [3.8, 4) is 17.2 Å². The fourth-order valence-corrected chi connectivity index (χ4v) is 2.79. The lowest BCUT2D eigenvalue weighted by molar-refractivity contribution is 0.278. The van der Waals surface area contributed by atoms with Gasteiger partial charge in [0.05, 0.1) is 24.0 Å². The van der Waals surface area contributed by atoms with Gasteiger partial charge in [0.15, 0.2) is 5.82 Å². The van der Waals surface area contributed by atoms with Gasteiger partial charge in [0, 0.05) is 30.8 Å². The van der Waals surface area contributed by atoms with Crippen molar-refractivity contribution in [1.82, 2.24) is 24.1 Å². The largest absolute Gasteiger partial charge is 0.395 e. The van der Waals surface area contributed by atoms with Crippen molar-refractivity contribution < 1.29 is 5.11 Å².